The van der Waals surface area contributed by atoms with E-state index < -0.39 is 11.9 Å². The van der Waals surface area contributed by atoms with Gasteiger partial charge >= 0.3 is 6.09 Å². The van der Waals surface area contributed by atoms with Crippen LogP contribution in [0.4, 0.5) is 9.18 Å². The van der Waals surface area contributed by atoms with E-state index >= 15 is 0 Å². The Morgan fingerprint density at radius 1 is 1.29 bits per heavy atom. The highest BCUT2D eigenvalue weighted by molar-refractivity contribution is 6.04. The van der Waals surface area contributed by atoms with E-state index in [2.05, 4.69) is 4.99 Å². The van der Waals surface area contributed by atoms with E-state index in [1.165, 1.54) is 7.05 Å². The standard InChI is InChI=1S/C19H34FN3O5/c1-6-8-9-12-28-19(25)23(15-27-7-2)18(21-4)17(20)13-22(14-24)11-10-16(3)26-5/h13-14,16H,6-12,15H2,1-5H3/b17-13+,21-18?. The van der Waals surface area contributed by atoms with Crippen molar-refractivity contribution in [2.75, 3.05) is 40.6 Å². The predicted molar refractivity (Wildman–Crippen MR) is 106 cm³/mol. The van der Waals surface area contributed by atoms with Crippen LogP contribution in [-0.2, 0) is 19.0 Å². The van der Waals surface area contributed by atoms with E-state index in [0.29, 0.717) is 19.4 Å². The largest absolute Gasteiger partial charge is 0.449 e. The molecule has 28 heavy (non-hydrogen) atoms. The fourth-order valence-corrected chi connectivity index (χ4v) is 2.13. The van der Waals surface area contributed by atoms with Gasteiger partial charge < -0.3 is 19.1 Å². The van der Waals surface area contributed by atoms with E-state index in [1.807, 2.05) is 13.8 Å². The first-order valence-electron chi connectivity index (χ1n) is 9.55. The fourth-order valence-electron chi connectivity index (χ4n) is 2.13. The Balaban J connectivity index is 5.23. The fraction of sp³-hybridized carbons (Fsp3) is 0.737. The molecule has 9 heteroatoms. The molecule has 2 amide bonds. The van der Waals surface area contributed by atoms with Crippen molar-refractivity contribution in [1.82, 2.24) is 9.80 Å². The van der Waals surface area contributed by atoms with Crippen molar-refractivity contribution in [3.63, 3.8) is 0 Å². The van der Waals surface area contributed by atoms with Gasteiger partial charge in [-0.15, -0.1) is 0 Å². The van der Waals surface area contributed by atoms with Crippen molar-refractivity contribution in [1.29, 1.82) is 0 Å². The number of carbonyl (C=O) groups excluding carboxylic acids is 2. The number of nitrogens with zero attached hydrogens (tertiary/aromatic N) is 3. The third-order valence-corrected chi connectivity index (χ3v) is 3.91. The first kappa shape index (κ1) is 26.0. The Morgan fingerprint density at radius 3 is 2.54 bits per heavy atom. The number of methoxy groups -OCH3 is 1. The minimum Gasteiger partial charge on any atom is -0.449 e. The van der Waals surface area contributed by atoms with Crippen LogP contribution in [0.5, 0.6) is 0 Å². The summed E-state index contributed by atoms with van der Waals surface area (Å²) in [5.74, 6) is -1.11. The lowest BCUT2D eigenvalue weighted by Crippen LogP contribution is -2.40. The second kappa shape index (κ2) is 16.0. The van der Waals surface area contributed by atoms with Crippen molar-refractivity contribution in [2.24, 2.45) is 4.99 Å². The topological polar surface area (TPSA) is 80.7 Å². The molecular formula is C19H34FN3O5. The zero-order valence-electron chi connectivity index (χ0n) is 17.6. The molecule has 0 aromatic rings. The van der Waals surface area contributed by atoms with Crippen LogP contribution in [0.25, 0.3) is 0 Å². The summed E-state index contributed by atoms with van der Waals surface area (Å²) < 4.78 is 30.4. The molecule has 162 valence electrons. The molecule has 0 spiro atoms. The van der Waals surface area contributed by atoms with Gasteiger partial charge in [-0.3, -0.25) is 9.79 Å². The van der Waals surface area contributed by atoms with E-state index in [9.17, 15) is 14.0 Å². The number of ether oxygens (including phenoxy) is 3. The van der Waals surface area contributed by atoms with Crippen molar-refractivity contribution in [3.05, 3.63) is 12.0 Å². The minimum absolute atomic E-state index is 0.0780. The smallest absolute Gasteiger partial charge is 0.417 e. The van der Waals surface area contributed by atoms with Gasteiger partial charge in [-0.1, -0.05) is 19.8 Å². The van der Waals surface area contributed by atoms with Crippen LogP contribution in [0.1, 0.15) is 46.5 Å². The lowest BCUT2D eigenvalue weighted by molar-refractivity contribution is -0.116. The lowest BCUT2D eigenvalue weighted by Gasteiger charge is -2.23. The van der Waals surface area contributed by atoms with Crippen molar-refractivity contribution >= 4 is 18.3 Å². The first-order chi connectivity index (χ1) is 13.4. The van der Waals surface area contributed by atoms with Crippen LogP contribution in [0.2, 0.25) is 0 Å². The summed E-state index contributed by atoms with van der Waals surface area (Å²) in [7, 11) is 2.91. The Morgan fingerprint density at radius 2 is 2.00 bits per heavy atom. The van der Waals surface area contributed by atoms with Crippen LogP contribution in [-0.4, -0.2) is 74.9 Å². The van der Waals surface area contributed by atoms with Crippen LogP contribution in [0, 0.1) is 0 Å². The number of rotatable bonds is 14. The van der Waals surface area contributed by atoms with Gasteiger partial charge in [-0.25, -0.2) is 14.1 Å². The maximum Gasteiger partial charge on any atom is 0.417 e. The minimum atomic E-state index is -0.843. The van der Waals surface area contributed by atoms with Gasteiger partial charge in [0.2, 0.25) is 6.41 Å². The Labute approximate surface area is 167 Å². The summed E-state index contributed by atoms with van der Waals surface area (Å²) in [5, 5.41) is 0. The maximum atomic E-state index is 14.8. The van der Waals surface area contributed by atoms with Gasteiger partial charge in [0.15, 0.2) is 11.7 Å². The molecule has 0 heterocycles. The Hall–Kier alpha value is -2.00. The number of unbranched alkanes of at least 4 members (excludes halogenated alkanes) is 2. The number of halogens is 1. The molecule has 1 unspecified atom stereocenters. The van der Waals surface area contributed by atoms with E-state index in [4.69, 9.17) is 14.2 Å². The summed E-state index contributed by atoms with van der Waals surface area (Å²) in [6.45, 7) is 6.25. The highest BCUT2D eigenvalue weighted by Crippen LogP contribution is 2.11. The Bertz CT molecular complexity index is 514. The van der Waals surface area contributed by atoms with Gasteiger partial charge in [0.25, 0.3) is 0 Å². The number of aliphatic imine (C=N–C) groups is 1. The average Bonchev–Trinajstić information content (AvgIpc) is 2.70. The molecule has 1 atom stereocenters. The second-order valence-electron chi connectivity index (χ2n) is 6.07. The predicted octanol–water partition coefficient (Wildman–Crippen LogP) is 3.33. The highest BCUT2D eigenvalue weighted by atomic mass is 19.1. The number of hydrogen-bond donors (Lipinski definition) is 0. The molecule has 0 N–H and O–H groups in total. The summed E-state index contributed by atoms with van der Waals surface area (Å²) in [5.41, 5.74) is 0. The van der Waals surface area contributed by atoms with Crippen LogP contribution >= 0.6 is 0 Å². The lowest BCUT2D eigenvalue weighted by atomic mass is 10.3. The molecule has 0 radical (unpaired) electrons. The monoisotopic (exact) mass is 403 g/mol. The molecular weight excluding hydrogens is 369 g/mol. The molecule has 0 bridgehead atoms. The zero-order valence-corrected chi connectivity index (χ0v) is 17.6. The van der Waals surface area contributed by atoms with Gasteiger partial charge in [0, 0.05) is 33.5 Å². The number of carbonyl (C=O) groups is 2. The molecule has 0 aliphatic carbocycles. The van der Waals surface area contributed by atoms with Gasteiger partial charge in [0.1, 0.15) is 6.73 Å². The quantitative estimate of drug-likeness (QED) is 0.146. The normalized spacial score (nSPS) is 13.2. The van der Waals surface area contributed by atoms with Gasteiger partial charge in [-0.2, -0.15) is 0 Å². The van der Waals surface area contributed by atoms with Gasteiger partial charge in [-0.05, 0) is 26.7 Å². The molecule has 0 aliphatic rings. The molecule has 0 fully saturated rings. The number of amidine groups is 1. The van der Waals surface area contributed by atoms with E-state index in [-0.39, 0.29) is 31.8 Å². The molecule has 8 nitrogen and oxygen atoms in total. The van der Waals surface area contributed by atoms with Crippen molar-refractivity contribution < 1.29 is 28.2 Å². The van der Waals surface area contributed by atoms with Crippen molar-refractivity contribution in [2.45, 2.75) is 52.6 Å². The number of hydrogen-bond acceptors (Lipinski definition) is 6. The molecule has 0 saturated carbocycles. The third-order valence-electron chi connectivity index (χ3n) is 3.91. The number of amides is 2. The molecule has 0 aromatic heterocycles. The average molecular weight is 403 g/mol. The first-order valence-corrected chi connectivity index (χ1v) is 9.55. The van der Waals surface area contributed by atoms with Crippen molar-refractivity contribution in [3.8, 4) is 0 Å². The summed E-state index contributed by atoms with van der Waals surface area (Å²) in [4.78, 5) is 29.6. The second-order valence-corrected chi connectivity index (χ2v) is 6.07. The third kappa shape index (κ3) is 10.4. The summed E-state index contributed by atoms with van der Waals surface area (Å²) in [6, 6.07) is 0. The SMILES string of the molecule is CCCCCOC(=O)N(COCC)C(=NC)/C(F)=C\N(C=O)CCC(C)OC. The zero-order chi connectivity index (χ0) is 21.4. The van der Waals surface area contributed by atoms with E-state index in [0.717, 1.165) is 35.3 Å². The van der Waals surface area contributed by atoms with Crippen LogP contribution in [0.3, 0.4) is 0 Å². The van der Waals surface area contributed by atoms with Crippen LogP contribution in [0.15, 0.2) is 17.0 Å². The Kier molecular flexibility index (Phi) is 14.9. The van der Waals surface area contributed by atoms with E-state index in [1.54, 1.807) is 14.0 Å². The maximum absolute atomic E-state index is 14.8. The highest BCUT2D eigenvalue weighted by Gasteiger charge is 2.25. The summed E-state index contributed by atoms with van der Waals surface area (Å²) >= 11 is 0. The molecule has 0 rings (SSSR count). The molecule has 0 aliphatic heterocycles. The summed E-state index contributed by atoms with van der Waals surface area (Å²) in [6.07, 6.45) is 3.84. The molecule has 0 saturated heterocycles. The van der Waals surface area contributed by atoms with Crippen LogP contribution < -0.4 is 0 Å². The molecule has 0 aromatic carbocycles. The van der Waals surface area contributed by atoms with Gasteiger partial charge in [0.05, 0.1) is 12.7 Å².